The SMILES string of the molecule is CCC(C)(C)NC(=O)c1ccc(NC(=O)C2CCCCN2)cc1Cl. The Hall–Kier alpha value is -1.59. The van der Waals surface area contributed by atoms with Gasteiger partial charge in [0.15, 0.2) is 0 Å². The van der Waals surface area contributed by atoms with Crippen molar-refractivity contribution in [3.8, 4) is 0 Å². The Labute approximate surface area is 148 Å². The van der Waals surface area contributed by atoms with Gasteiger partial charge >= 0.3 is 0 Å². The summed E-state index contributed by atoms with van der Waals surface area (Å²) >= 11 is 6.24. The zero-order valence-electron chi connectivity index (χ0n) is 14.5. The lowest BCUT2D eigenvalue weighted by Crippen LogP contribution is -2.43. The van der Waals surface area contributed by atoms with Crippen molar-refractivity contribution in [2.45, 2.75) is 58.0 Å². The number of benzene rings is 1. The summed E-state index contributed by atoms with van der Waals surface area (Å²) in [6, 6.07) is 4.81. The number of amides is 2. The second-order valence-corrected chi connectivity index (χ2v) is 7.29. The van der Waals surface area contributed by atoms with Crippen molar-refractivity contribution < 1.29 is 9.59 Å². The van der Waals surface area contributed by atoms with Gasteiger partial charge in [-0.05, 0) is 57.9 Å². The average Bonchev–Trinajstić information content (AvgIpc) is 2.55. The van der Waals surface area contributed by atoms with Gasteiger partial charge in [-0.3, -0.25) is 9.59 Å². The zero-order valence-corrected chi connectivity index (χ0v) is 15.3. The Balaban J connectivity index is 2.03. The number of hydrogen-bond donors (Lipinski definition) is 3. The first-order chi connectivity index (χ1) is 11.3. The fraction of sp³-hybridized carbons (Fsp3) is 0.556. The highest BCUT2D eigenvalue weighted by Gasteiger charge is 2.22. The molecular formula is C18H26ClN3O2. The van der Waals surface area contributed by atoms with Crippen LogP contribution in [0.5, 0.6) is 0 Å². The summed E-state index contributed by atoms with van der Waals surface area (Å²) in [5.74, 6) is -0.270. The van der Waals surface area contributed by atoms with Crippen molar-refractivity contribution in [2.75, 3.05) is 11.9 Å². The number of anilines is 1. The van der Waals surface area contributed by atoms with E-state index in [0.717, 1.165) is 32.2 Å². The maximum atomic E-state index is 12.3. The number of rotatable bonds is 5. The summed E-state index contributed by atoms with van der Waals surface area (Å²) in [7, 11) is 0. The summed E-state index contributed by atoms with van der Waals surface area (Å²) in [6.07, 6.45) is 3.82. The molecule has 6 heteroatoms. The van der Waals surface area contributed by atoms with Gasteiger partial charge < -0.3 is 16.0 Å². The molecule has 0 aromatic heterocycles. The van der Waals surface area contributed by atoms with Gasteiger partial charge in [0.05, 0.1) is 16.6 Å². The first-order valence-electron chi connectivity index (χ1n) is 8.49. The first-order valence-corrected chi connectivity index (χ1v) is 8.86. The van der Waals surface area contributed by atoms with E-state index in [4.69, 9.17) is 11.6 Å². The minimum Gasteiger partial charge on any atom is -0.347 e. The van der Waals surface area contributed by atoms with Gasteiger partial charge in [0.1, 0.15) is 0 Å². The standard InChI is InChI=1S/C18H26ClN3O2/c1-4-18(2,3)22-16(23)13-9-8-12(11-14(13)19)21-17(24)15-7-5-6-10-20-15/h8-9,11,15,20H,4-7,10H2,1-3H3,(H,21,24)(H,22,23). The van der Waals surface area contributed by atoms with Crippen LogP contribution in [0.15, 0.2) is 18.2 Å². The van der Waals surface area contributed by atoms with Crippen molar-refractivity contribution in [1.82, 2.24) is 10.6 Å². The molecule has 5 nitrogen and oxygen atoms in total. The van der Waals surface area contributed by atoms with E-state index in [0.29, 0.717) is 16.3 Å². The molecule has 2 rings (SSSR count). The van der Waals surface area contributed by atoms with Gasteiger partial charge in [0.2, 0.25) is 5.91 Å². The summed E-state index contributed by atoms with van der Waals surface area (Å²) < 4.78 is 0. The summed E-state index contributed by atoms with van der Waals surface area (Å²) in [5.41, 5.74) is 0.718. The van der Waals surface area contributed by atoms with Crippen LogP contribution in [-0.2, 0) is 4.79 Å². The van der Waals surface area contributed by atoms with Crippen LogP contribution in [0, 0.1) is 0 Å². The third-order valence-corrected chi connectivity index (χ3v) is 4.76. The van der Waals surface area contributed by atoms with Crippen LogP contribution in [-0.4, -0.2) is 29.9 Å². The molecule has 1 heterocycles. The van der Waals surface area contributed by atoms with Crippen LogP contribution >= 0.6 is 11.6 Å². The lowest BCUT2D eigenvalue weighted by Gasteiger charge is -2.25. The van der Waals surface area contributed by atoms with Crippen molar-refractivity contribution in [2.24, 2.45) is 0 Å². The summed E-state index contributed by atoms with van der Waals surface area (Å²) in [5, 5.41) is 9.35. The van der Waals surface area contributed by atoms with Gasteiger partial charge in [-0.2, -0.15) is 0 Å². The lowest BCUT2D eigenvalue weighted by atomic mass is 10.0. The molecule has 1 aromatic rings. The van der Waals surface area contributed by atoms with E-state index in [1.54, 1.807) is 18.2 Å². The quantitative estimate of drug-likeness (QED) is 0.762. The number of halogens is 1. The number of piperidine rings is 1. The second kappa shape index (κ2) is 7.99. The molecule has 3 N–H and O–H groups in total. The number of carbonyl (C=O) groups is 2. The topological polar surface area (TPSA) is 70.2 Å². The molecule has 0 bridgehead atoms. The first kappa shape index (κ1) is 18.7. The van der Waals surface area contributed by atoms with Crippen LogP contribution in [0.3, 0.4) is 0 Å². The Morgan fingerprint density at radius 1 is 1.33 bits per heavy atom. The molecule has 132 valence electrons. The van der Waals surface area contributed by atoms with Gasteiger partial charge in [0, 0.05) is 11.2 Å². The van der Waals surface area contributed by atoms with Crippen LogP contribution in [0.1, 0.15) is 56.8 Å². The third kappa shape index (κ3) is 4.95. The normalized spacial score (nSPS) is 18.1. The molecule has 1 aliphatic rings. The summed E-state index contributed by atoms with van der Waals surface area (Å²) in [6.45, 7) is 6.81. The fourth-order valence-electron chi connectivity index (χ4n) is 2.55. The van der Waals surface area contributed by atoms with Gasteiger partial charge in [-0.15, -0.1) is 0 Å². The molecule has 1 saturated heterocycles. The molecule has 2 amide bonds. The minimum absolute atomic E-state index is 0.0601. The molecule has 1 fully saturated rings. The Morgan fingerprint density at radius 2 is 2.08 bits per heavy atom. The van der Waals surface area contributed by atoms with E-state index in [9.17, 15) is 9.59 Å². The predicted octanol–water partition coefficient (Wildman–Crippen LogP) is 3.34. The molecule has 24 heavy (non-hydrogen) atoms. The smallest absolute Gasteiger partial charge is 0.253 e. The van der Waals surface area contributed by atoms with Crippen molar-refractivity contribution in [3.63, 3.8) is 0 Å². The van der Waals surface area contributed by atoms with Crippen molar-refractivity contribution in [1.29, 1.82) is 0 Å². The highest BCUT2D eigenvalue weighted by Crippen LogP contribution is 2.22. The number of carbonyl (C=O) groups excluding carboxylic acids is 2. The van der Waals surface area contributed by atoms with E-state index in [2.05, 4.69) is 16.0 Å². The highest BCUT2D eigenvalue weighted by atomic mass is 35.5. The maximum absolute atomic E-state index is 12.3. The zero-order chi connectivity index (χ0) is 17.7. The molecule has 0 spiro atoms. The Morgan fingerprint density at radius 3 is 2.67 bits per heavy atom. The molecule has 1 atom stereocenters. The monoisotopic (exact) mass is 351 g/mol. The van der Waals surface area contributed by atoms with Crippen LogP contribution < -0.4 is 16.0 Å². The molecule has 0 saturated carbocycles. The molecule has 1 unspecified atom stereocenters. The molecule has 1 aliphatic heterocycles. The molecule has 1 aromatic carbocycles. The van der Waals surface area contributed by atoms with E-state index in [1.807, 2.05) is 20.8 Å². The lowest BCUT2D eigenvalue weighted by molar-refractivity contribution is -0.118. The van der Waals surface area contributed by atoms with E-state index < -0.39 is 0 Å². The molecular weight excluding hydrogens is 326 g/mol. The van der Waals surface area contributed by atoms with Gasteiger partial charge in [-0.25, -0.2) is 0 Å². The van der Waals surface area contributed by atoms with Gasteiger partial charge in [0.25, 0.3) is 5.91 Å². The van der Waals surface area contributed by atoms with Crippen LogP contribution in [0.25, 0.3) is 0 Å². The number of hydrogen-bond acceptors (Lipinski definition) is 3. The van der Waals surface area contributed by atoms with Crippen molar-refractivity contribution in [3.05, 3.63) is 28.8 Å². The maximum Gasteiger partial charge on any atom is 0.253 e. The number of nitrogens with one attached hydrogen (secondary N) is 3. The average molecular weight is 352 g/mol. The van der Waals surface area contributed by atoms with Crippen LogP contribution in [0.4, 0.5) is 5.69 Å². The van der Waals surface area contributed by atoms with Crippen LogP contribution in [0.2, 0.25) is 5.02 Å². The minimum atomic E-state index is -0.292. The van der Waals surface area contributed by atoms with Crippen molar-refractivity contribution >= 4 is 29.1 Å². The van der Waals surface area contributed by atoms with Gasteiger partial charge in [-0.1, -0.05) is 24.9 Å². The third-order valence-electron chi connectivity index (χ3n) is 4.44. The Kier molecular flexibility index (Phi) is 6.24. The van der Waals surface area contributed by atoms with E-state index in [-0.39, 0.29) is 23.4 Å². The predicted molar refractivity (Wildman–Crippen MR) is 97.6 cm³/mol. The van der Waals surface area contributed by atoms with E-state index in [1.165, 1.54) is 0 Å². The molecule has 0 aliphatic carbocycles. The highest BCUT2D eigenvalue weighted by molar-refractivity contribution is 6.34. The molecule has 0 radical (unpaired) electrons. The van der Waals surface area contributed by atoms with E-state index >= 15 is 0 Å². The largest absolute Gasteiger partial charge is 0.347 e. The fourth-order valence-corrected chi connectivity index (χ4v) is 2.81. The summed E-state index contributed by atoms with van der Waals surface area (Å²) in [4.78, 5) is 24.6. The second-order valence-electron chi connectivity index (χ2n) is 6.88. The Bertz CT molecular complexity index is 610.